The zero-order valence-corrected chi connectivity index (χ0v) is 10.4. The number of aryl methyl sites for hydroxylation is 1. The third-order valence-electron chi connectivity index (χ3n) is 3.20. The minimum Gasteiger partial charge on any atom is -0.311 e. The number of hydrogen-bond donors (Lipinski definition) is 1. The van der Waals surface area contributed by atoms with Crippen molar-refractivity contribution in [3.8, 4) is 6.07 Å². The van der Waals surface area contributed by atoms with Crippen molar-refractivity contribution in [3.63, 3.8) is 0 Å². The van der Waals surface area contributed by atoms with E-state index in [2.05, 4.69) is 11.4 Å². The van der Waals surface area contributed by atoms with Gasteiger partial charge in [0, 0.05) is 18.1 Å². The summed E-state index contributed by atoms with van der Waals surface area (Å²) in [6.07, 6.45) is 1.90. The maximum Gasteiger partial charge on any atom is 0.126 e. The maximum atomic E-state index is 13.4. The SMILES string of the molecule is Cc1cc(Cl)c(CNCC2(C#N)CC2)cc1F. The topological polar surface area (TPSA) is 35.8 Å². The highest BCUT2D eigenvalue weighted by molar-refractivity contribution is 6.31. The van der Waals surface area contributed by atoms with E-state index in [1.54, 1.807) is 13.0 Å². The molecule has 1 saturated carbocycles. The molecule has 0 aromatic heterocycles. The van der Waals surface area contributed by atoms with Crippen LogP contribution in [0.5, 0.6) is 0 Å². The van der Waals surface area contributed by atoms with Crippen molar-refractivity contribution in [2.45, 2.75) is 26.3 Å². The summed E-state index contributed by atoms with van der Waals surface area (Å²) in [5, 5.41) is 12.6. The number of nitrogens with one attached hydrogen (secondary N) is 1. The molecule has 90 valence electrons. The summed E-state index contributed by atoms with van der Waals surface area (Å²) in [6, 6.07) is 5.39. The molecule has 0 bridgehead atoms. The molecule has 0 spiro atoms. The van der Waals surface area contributed by atoms with Gasteiger partial charge in [0.2, 0.25) is 0 Å². The summed E-state index contributed by atoms with van der Waals surface area (Å²) >= 11 is 6.03. The Kier molecular flexibility index (Phi) is 3.37. The zero-order chi connectivity index (χ0) is 12.5. The van der Waals surface area contributed by atoms with E-state index in [1.807, 2.05) is 0 Å². The third kappa shape index (κ3) is 2.77. The molecule has 1 aliphatic rings. The van der Waals surface area contributed by atoms with E-state index in [4.69, 9.17) is 16.9 Å². The van der Waals surface area contributed by atoms with Gasteiger partial charge in [0.1, 0.15) is 5.82 Å². The van der Waals surface area contributed by atoms with E-state index in [0.29, 0.717) is 23.7 Å². The molecule has 1 N–H and O–H groups in total. The first kappa shape index (κ1) is 12.3. The predicted molar refractivity (Wildman–Crippen MR) is 65.1 cm³/mol. The van der Waals surface area contributed by atoms with Crippen LogP contribution in [0.4, 0.5) is 4.39 Å². The van der Waals surface area contributed by atoms with Gasteiger partial charge in [0.25, 0.3) is 0 Å². The molecule has 0 atom stereocenters. The van der Waals surface area contributed by atoms with Gasteiger partial charge in [-0.05, 0) is 43.0 Å². The van der Waals surface area contributed by atoms with E-state index < -0.39 is 0 Å². The summed E-state index contributed by atoms with van der Waals surface area (Å²) in [5.41, 5.74) is 1.10. The smallest absolute Gasteiger partial charge is 0.126 e. The fourth-order valence-corrected chi connectivity index (χ4v) is 2.02. The first-order valence-electron chi connectivity index (χ1n) is 5.63. The molecular formula is C13H14ClFN2. The summed E-state index contributed by atoms with van der Waals surface area (Å²) < 4.78 is 13.4. The third-order valence-corrected chi connectivity index (χ3v) is 3.55. The molecule has 1 fully saturated rings. The van der Waals surface area contributed by atoms with E-state index in [1.165, 1.54) is 6.07 Å². The Bertz CT molecular complexity index is 475. The molecule has 0 unspecified atom stereocenters. The van der Waals surface area contributed by atoms with Crippen LogP contribution in [0.3, 0.4) is 0 Å². The molecule has 2 nitrogen and oxygen atoms in total. The van der Waals surface area contributed by atoms with Gasteiger partial charge in [-0.15, -0.1) is 0 Å². The quantitative estimate of drug-likeness (QED) is 0.893. The largest absolute Gasteiger partial charge is 0.311 e. The second-order valence-electron chi connectivity index (χ2n) is 4.69. The number of nitriles is 1. The molecule has 0 aliphatic heterocycles. The van der Waals surface area contributed by atoms with Gasteiger partial charge in [-0.1, -0.05) is 11.6 Å². The number of benzene rings is 1. The highest BCUT2D eigenvalue weighted by atomic mass is 35.5. The van der Waals surface area contributed by atoms with Crippen molar-refractivity contribution < 1.29 is 4.39 Å². The summed E-state index contributed by atoms with van der Waals surface area (Å²) in [4.78, 5) is 0. The van der Waals surface area contributed by atoms with Crippen molar-refractivity contribution in [2.24, 2.45) is 5.41 Å². The van der Waals surface area contributed by atoms with Crippen molar-refractivity contribution in [2.75, 3.05) is 6.54 Å². The van der Waals surface area contributed by atoms with Crippen LogP contribution in [0, 0.1) is 29.5 Å². The Morgan fingerprint density at radius 3 is 2.82 bits per heavy atom. The lowest BCUT2D eigenvalue weighted by Gasteiger charge is -2.10. The Hall–Kier alpha value is -1.11. The van der Waals surface area contributed by atoms with Crippen molar-refractivity contribution >= 4 is 11.6 Å². The molecule has 17 heavy (non-hydrogen) atoms. The van der Waals surface area contributed by atoms with Crippen LogP contribution in [0.25, 0.3) is 0 Å². The minimum absolute atomic E-state index is 0.185. The van der Waals surface area contributed by atoms with Crippen molar-refractivity contribution in [3.05, 3.63) is 34.1 Å². The predicted octanol–water partition coefficient (Wildman–Crippen LogP) is 3.18. The summed E-state index contributed by atoms with van der Waals surface area (Å²) in [6.45, 7) is 2.84. The number of halogens is 2. The van der Waals surface area contributed by atoms with Gasteiger partial charge < -0.3 is 5.32 Å². The van der Waals surface area contributed by atoms with Gasteiger partial charge >= 0.3 is 0 Å². The Labute approximate surface area is 105 Å². The second-order valence-corrected chi connectivity index (χ2v) is 5.10. The van der Waals surface area contributed by atoms with E-state index in [0.717, 1.165) is 18.4 Å². The highest BCUT2D eigenvalue weighted by Crippen LogP contribution is 2.44. The lowest BCUT2D eigenvalue weighted by atomic mass is 10.1. The monoisotopic (exact) mass is 252 g/mol. The van der Waals surface area contributed by atoms with Crippen LogP contribution in [0.15, 0.2) is 12.1 Å². The Morgan fingerprint density at radius 2 is 2.24 bits per heavy atom. The summed E-state index contributed by atoms with van der Waals surface area (Å²) in [5.74, 6) is -0.243. The normalized spacial score (nSPS) is 16.6. The van der Waals surface area contributed by atoms with Crippen LogP contribution in [-0.2, 0) is 6.54 Å². The Balaban J connectivity index is 1.95. The first-order valence-corrected chi connectivity index (χ1v) is 6.01. The number of hydrogen-bond acceptors (Lipinski definition) is 2. The lowest BCUT2D eigenvalue weighted by molar-refractivity contribution is 0.555. The van der Waals surface area contributed by atoms with Crippen LogP contribution < -0.4 is 5.32 Å². The average Bonchev–Trinajstić information content (AvgIpc) is 3.06. The molecule has 4 heteroatoms. The molecule has 0 amide bonds. The fourth-order valence-electron chi connectivity index (χ4n) is 1.74. The standard InChI is InChI=1S/C13H14ClFN2/c1-9-4-11(14)10(5-12(9)15)6-17-8-13(7-16)2-3-13/h4-5,17H,2-3,6,8H2,1H3. The van der Waals surface area contributed by atoms with Gasteiger partial charge in [-0.25, -0.2) is 4.39 Å². The van der Waals surface area contributed by atoms with Crippen molar-refractivity contribution in [1.82, 2.24) is 5.32 Å². The molecule has 2 rings (SSSR count). The zero-order valence-electron chi connectivity index (χ0n) is 9.69. The molecule has 1 aromatic rings. The minimum atomic E-state index is -0.243. The number of rotatable bonds is 4. The average molecular weight is 253 g/mol. The molecule has 0 radical (unpaired) electrons. The van der Waals surface area contributed by atoms with Gasteiger partial charge in [-0.2, -0.15) is 5.26 Å². The van der Waals surface area contributed by atoms with E-state index in [-0.39, 0.29) is 11.2 Å². The van der Waals surface area contributed by atoms with Crippen LogP contribution in [-0.4, -0.2) is 6.54 Å². The van der Waals surface area contributed by atoms with E-state index >= 15 is 0 Å². The maximum absolute atomic E-state index is 13.4. The number of nitrogens with zero attached hydrogens (tertiary/aromatic N) is 1. The first-order chi connectivity index (χ1) is 8.06. The summed E-state index contributed by atoms with van der Waals surface area (Å²) in [7, 11) is 0. The van der Waals surface area contributed by atoms with Crippen LogP contribution in [0.1, 0.15) is 24.0 Å². The van der Waals surface area contributed by atoms with Gasteiger partial charge in [0.05, 0.1) is 11.5 Å². The molecule has 1 aliphatic carbocycles. The molecule has 0 heterocycles. The molecule has 0 saturated heterocycles. The van der Waals surface area contributed by atoms with Crippen molar-refractivity contribution in [1.29, 1.82) is 5.26 Å². The molecular weight excluding hydrogens is 239 g/mol. The van der Waals surface area contributed by atoms with Gasteiger partial charge in [-0.3, -0.25) is 0 Å². The van der Waals surface area contributed by atoms with Gasteiger partial charge in [0.15, 0.2) is 0 Å². The Morgan fingerprint density at radius 1 is 1.53 bits per heavy atom. The second kappa shape index (κ2) is 4.64. The lowest BCUT2D eigenvalue weighted by Crippen LogP contribution is -2.22. The van der Waals surface area contributed by atoms with Crippen LogP contribution in [0.2, 0.25) is 5.02 Å². The van der Waals surface area contributed by atoms with E-state index in [9.17, 15) is 4.39 Å². The van der Waals surface area contributed by atoms with Crippen LogP contribution >= 0.6 is 11.6 Å². The molecule has 1 aromatic carbocycles. The fraction of sp³-hybridized carbons (Fsp3) is 0.462. The highest BCUT2D eigenvalue weighted by Gasteiger charge is 2.42.